The zero-order valence-electron chi connectivity index (χ0n) is 7.34. The van der Waals surface area contributed by atoms with Crippen LogP contribution < -0.4 is 0 Å². The lowest BCUT2D eigenvalue weighted by Crippen LogP contribution is -2.13. The second kappa shape index (κ2) is 5.50. The van der Waals surface area contributed by atoms with Gasteiger partial charge >= 0.3 is 0 Å². The van der Waals surface area contributed by atoms with E-state index in [1.54, 1.807) is 0 Å². The molecule has 0 heterocycles. The second-order valence-corrected chi connectivity index (χ2v) is 9.23. The summed E-state index contributed by atoms with van der Waals surface area (Å²) in [5, 5.41) is 0. The van der Waals surface area contributed by atoms with Gasteiger partial charge in [-0.2, -0.15) is 0 Å². The van der Waals surface area contributed by atoms with Crippen molar-refractivity contribution < 1.29 is 9.42 Å². The highest BCUT2D eigenvalue weighted by Crippen LogP contribution is 2.46. The average Bonchev–Trinajstić information content (AvgIpc) is 1.79. The second-order valence-electron chi connectivity index (χ2n) is 3.10. The Morgan fingerprint density at radius 3 is 2.23 bits per heavy atom. The molecule has 1 N–H and O–H groups in total. The van der Waals surface area contributed by atoms with Crippen LogP contribution in [-0.4, -0.2) is 21.5 Å². The van der Waals surface area contributed by atoms with Crippen LogP contribution >= 0.6 is 41.3 Å². The van der Waals surface area contributed by atoms with E-state index in [1.165, 1.54) is 0 Å². The van der Waals surface area contributed by atoms with Crippen molar-refractivity contribution in [2.45, 2.75) is 17.6 Å². The van der Waals surface area contributed by atoms with Crippen molar-refractivity contribution >= 4 is 53.1 Å². The predicted octanol–water partition coefficient (Wildman–Crippen LogP) is 3.33. The summed E-state index contributed by atoms with van der Waals surface area (Å²) < 4.78 is 3.48. The number of rotatable bonds is 4. The van der Waals surface area contributed by atoms with Gasteiger partial charge in [-0.1, -0.05) is 48.7 Å². The topological polar surface area (TPSA) is 29.5 Å². The highest BCUT2D eigenvalue weighted by molar-refractivity contribution is 8.09. The first-order valence-electron chi connectivity index (χ1n) is 3.65. The molecule has 0 aromatic heterocycles. The third kappa shape index (κ3) is 9.74. The van der Waals surface area contributed by atoms with Gasteiger partial charge < -0.3 is 9.42 Å². The molecular weight excluding hydrogens is 273 g/mol. The van der Waals surface area contributed by atoms with Gasteiger partial charge in [0.25, 0.3) is 0 Å². The molecule has 0 aliphatic carbocycles. The number of hydrogen-bond donors (Lipinski definition) is 1. The lowest BCUT2D eigenvalue weighted by Gasteiger charge is -2.20. The average molecular weight is 286 g/mol. The molecular formula is C6H12Cl3O2PS. The van der Waals surface area contributed by atoms with E-state index >= 15 is 0 Å². The van der Waals surface area contributed by atoms with E-state index in [0.29, 0.717) is 6.16 Å². The van der Waals surface area contributed by atoms with E-state index in [0.717, 1.165) is 0 Å². The summed E-state index contributed by atoms with van der Waals surface area (Å²) in [7, 11) is 0. The molecule has 0 bridgehead atoms. The molecule has 1 unspecified atom stereocenters. The van der Waals surface area contributed by atoms with Gasteiger partial charge in [-0.05, 0) is 17.7 Å². The third-order valence-electron chi connectivity index (χ3n) is 1.03. The molecule has 0 aromatic carbocycles. The monoisotopic (exact) mass is 284 g/mol. The Kier molecular flexibility index (Phi) is 6.11. The van der Waals surface area contributed by atoms with Gasteiger partial charge in [-0.15, -0.1) is 0 Å². The highest BCUT2D eigenvalue weighted by atomic mass is 35.6. The van der Waals surface area contributed by atoms with Crippen LogP contribution in [-0.2, 0) is 16.3 Å². The van der Waals surface area contributed by atoms with Crippen LogP contribution in [0.15, 0.2) is 0 Å². The van der Waals surface area contributed by atoms with E-state index < -0.39 is 10.3 Å². The summed E-state index contributed by atoms with van der Waals surface area (Å²) in [5.41, 5.74) is 0. The maximum absolute atomic E-state index is 9.58. The minimum Gasteiger partial charge on any atom is -0.345 e. The Balaban J connectivity index is 3.97. The molecule has 80 valence electrons. The fourth-order valence-corrected chi connectivity index (χ4v) is 3.56. The SMILES string of the molecule is CC(C)CP(O)(=S)OCC(Cl)(Cl)Cl. The van der Waals surface area contributed by atoms with E-state index in [2.05, 4.69) is 0 Å². The number of alkyl halides is 3. The molecule has 0 spiro atoms. The van der Waals surface area contributed by atoms with Crippen LogP contribution in [0.3, 0.4) is 0 Å². The van der Waals surface area contributed by atoms with Crippen LogP contribution in [0.25, 0.3) is 0 Å². The zero-order valence-corrected chi connectivity index (χ0v) is 11.3. The lowest BCUT2D eigenvalue weighted by molar-refractivity contribution is 0.311. The van der Waals surface area contributed by atoms with Crippen molar-refractivity contribution in [1.29, 1.82) is 0 Å². The number of halogens is 3. The molecule has 0 aliphatic rings. The van der Waals surface area contributed by atoms with Gasteiger partial charge in [-0.25, -0.2) is 0 Å². The van der Waals surface area contributed by atoms with Gasteiger partial charge in [0.15, 0.2) is 6.49 Å². The summed E-state index contributed by atoms with van der Waals surface area (Å²) in [6.45, 7) is 0.947. The Bertz CT molecular complexity index is 205. The van der Waals surface area contributed by atoms with Crippen LogP contribution in [0, 0.1) is 5.92 Å². The normalized spacial score (nSPS) is 17.5. The van der Waals surface area contributed by atoms with Crippen LogP contribution in [0.1, 0.15) is 13.8 Å². The number of hydrogen-bond acceptors (Lipinski definition) is 2. The van der Waals surface area contributed by atoms with Gasteiger partial charge in [0, 0.05) is 6.16 Å². The summed E-state index contributed by atoms with van der Waals surface area (Å²) in [5.74, 6) is 0.270. The Hall–Kier alpha value is 1.44. The summed E-state index contributed by atoms with van der Waals surface area (Å²) in [6, 6.07) is 0. The standard InChI is InChI=1S/C6H12Cl3O2PS/c1-5(2)3-12(10,13)11-4-6(7,8)9/h5H,3-4H2,1-2H3,(H,10,13). The summed E-state index contributed by atoms with van der Waals surface area (Å²) in [6.07, 6.45) is 0.434. The molecule has 0 aliphatic heterocycles. The lowest BCUT2D eigenvalue weighted by atomic mass is 10.3. The van der Waals surface area contributed by atoms with Crippen molar-refractivity contribution in [3.8, 4) is 0 Å². The van der Waals surface area contributed by atoms with Crippen LogP contribution in [0.4, 0.5) is 0 Å². The molecule has 0 rings (SSSR count). The molecule has 2 nitrogen and oxygen atoms in total. The third-order valence-corrected chi connectivity index (χ3v) is 3.84. The fraction of sp³-hybridized carbons (Fsp3) is 1.00. The molecule has 7 heteroatoms. The van der Waals surface area contributed by atoms with Crippen molar-refractivity contribution in [2.24, 2.45) is 5.92 Å². The van der Waals surface area contributed by atoms with Crippen molar-refractivity contribution in [3.63, 3.8) is 0 Å². The molecule has 0 aromatic rings. The molecule has 0 saturated carbocycles. The Labute approximate surface area is 98.7 Å². The van der Waals surface area contributed by atoms with Crippen molar-refractivity contribution in [3.05, 3.63) is 0 Å². The first-order valence-corrected chi connectivity index (χ1v) is 7.65. The van der Waals surface area contributed by atoms with Gasteiger partial charge in [0.1, 0.15) is 6.61 Å². The molecule has 0 radical (unpaired) electrons. The highest BCUT2D eigenvalue weighted by Gasteiger charge is 2.25. The quantitative estimate of drug-likeness (QED) is 0.634. The summed E-state index contributed by atoms with van der Waals surface area (Å²) in [4.78, 5) is 9.58. The van der Waals surface area contributed by atoms with E-state index in [-0.39, 0.29) is 12.5 Å². The van der Waals surface area contributed by atoms with Crippen molar-refractivity contribution in [1.82, 2.24) is 0 Å². The largest absolute Gasteiger partial charge is 0.345 e. The Morgan fingerprint density at radius 2 is 1.92 bits per heavy atom. The molecule has 0 fully saturated rings. The zero-order chi connectivity index (χ0) is 10.7. The molecule has 13 heavy (non-hydrogen) atoms. The van der Waals surface area contributed by atoms with Gasteiger partial charge in [-0.3, -0.25) is 0 Å². The predicted molar refractivity (Wildman–Crippen MR) is 62.5 cm³/mol. The maximum Gasteiger partial charge on any atom is 0.213 e. The molecule has 0 amide bonds. The van der Waals surface area contributed by atoms with Crippen LogP contribution in [0.5, 0.6) is 0 Å². The fourth-order valence-electron chi connectivity index (χ4n) is 0.688. The summed E-state index contributed by atoms with van der Waals surface area (Å²) >= 11 is 21.2. The van der Waals surface area contributed by atoms with Crippen LogP contribution in [0.2, 0.25) is 0 Å². The van der Waals surface area contributed by atoms with E-state index in [1.807, 2.05) is 13.8 Å². The maximum atomic E-state index is 9.58. The smallest absolute Gasteiger partial charge is 0.213 e. The first kappa shape index (κ1) is 14.4. The Morgan fingerprint density at radius 1 is 1.46 bits per heavy atom. The van der Waals surface area contributed by atoms with E-state index in [4.69, 9.17) is 51.1 Å². The van der Waals surface area contributed by atoms with E-state index in [9.17, 15) is 4.89 Å². The van der Waals surface area contributed by atoms with Crippen molar-refractivity contribution in [2.75, 3.05) is 12.8 Å². The molecule has 0 saturated heterocycles. The first-order chi connectivity index (χ1) is 5.62. The minimum absolute atomic E-state index is 0.168. The van der Waals surface area contributed by atoms with Gasteiger partial charge in [0.05, 0.1) is 0 Å². The minimum atomic E-state index is -2.77. The van der Waals surface area contributed by atoms with Gasteiger partial charge in [0.2, 0.25) is 3.79 Å². The molecule has 1 atom stereocenters.